The van der Waals surface area contributed by atoms with Gasteiger partial charge in [-0.2, -0.15) is 0 Å². The molecule has 0 fully saturated rings. The molecule has 0 aliphatic carbocycles. The van der Waals surface area contributed by atoms with Crippen molar-refractivity contribution in [1.29, 1.82) is 0 Å². The van der Waals surface area contributed by atoms with Gasteiger partial charge in [-0.3, -0.25) is 19.7 Å². The van der Waals surface area contributed by atoms with Crippen LogP contribution in [-0.2, 0) is 0 Å². The molecule has 1 aromatic rings. The maximum Gasteiger partial charge on any atom is 0.280 e. The molecule has 0 aromatic heterocycles. The van der Waals surface area contributed by atoms with E-state index in [-0.39, 0.29) is 16.9 Å². The van der Waals surface area contributed by atoms with Crippen LogP contribution < -0.4 is 4.74 Å². The molecule has 1 aromatic carbocycles. The molecule has 0 N–H and O–H groups in total. The molecule has 0 atom stereocenters. The normalized spacial score (nSPS) is 9.40. The fourth-order valence-corrected chi connectivity index (χ4v) is 1.12. The van der Waals surface area contributed by atoms with Crippen LogP contribution >= 0.6 is 0 Å². The second-order valence-electron chi connectivity index (χ2n) is 2.65. The van der Waals surface area contributed by atoms with E-state index in [9.17, 15) is 19.7 Å². The van der Waals surface area contributed by atoms with Crippen LogP contribution in [0, 0.1) is 10.1 Å². The number of nitro benzene ring substituents is 1. The van der Waals surface area contributed by atoms with Gasteiger partial charge in [0.1, 0.15) is 5.75 Å². The fraction of sp³-hybridized carbons (Fsp3) is 0.111. The highest BCUT2D eigenvalue weighted by molar-refractivity contribution is 5.88. The van der Waals surface area contributed by atoms with E-state index >= 15 is 0 Å². The molecule has 0 aliphatic heterocycles. The lowest BCUT2D eigenvalue weighted by molar-refractivity contribution is -0.385. The van der Waals surface area contributed by atoms with Crippen LogP contribution in [-0.4, -0.2) is 24.6 Å². The Morgan fingerprint density at radius 2 is 1.87 bits per heavy atom. The lowest BCUT2D eigenvalue weighted by Crippen LogP contribution is -1.99. The molecular weight excluding hydrogens is 202 g/mol. The molecule has 6 nitrogen and oxygen atoms in total. The lowest BCUT2D eigenvalue weighted by Gasteiger charge is -2.04. The van der Waals surface area contributed by atoms with Crippen molar-refractivity contribution in [3.8, 4) is 5.75 Å². The average Bonchev–Trinajstić information content (AvgIpc) is 2.26. The van der Waals surface area contributed by atoms with E-state index in [2.05, 4.69) is 0 Å². The topological polar surface area (TPSA) is 86.5 Å². The van der Waals surface area contributed by atoms with Gasteiger partial charge in [-0.05, 0) is 6.07 Å². The summed E-state index contributed by atoms with van der Waals surface area (Å²) in [7, 11) is 1.31. The van der Waals surface area contributed by atoms with Gasteiger partial charge in [-0.15, -0.1) is 0 Å². The molecule has 0 amide bonds. The van der Waals surface area contributed by atoms with E-state index < -0.39 is 10.6 Å². The summed E-state index contributed by atoms with van der Waals surface area (Å²) in [5.41, 5.74) is -0.495. The SMILES string of the molecule is COc1cc(C=O)c([N+](=O)[O-])cc1C=O. The first-order chi connectivity index (χ1) is 7.13. The summed E-state index contributed by atoms with van der Waals surface area (Å²) >= 11 is 0. The van der Waals surface area contributed by atoms with Crippen molar-refractivity contribution in [3.05, 3.63) is 33.4 Å². The third-order valence-corrected chi connectivity index (χ3v) is 1.83. The van der Waals surface area contributed by atoms with E-state index in [0.29, 0.717) is 12.6 Å². The molecule has 6 heteroatoms. The molecular formula is C9H7NO5. The van der Waals surface area contributed by atoms with Crippen molar-refractivity contribution in [2.45, 2.75) is 0 Å². The lowest BCUT2D eigenvalue weighted by atomic mass is 10.1. The number of benzene rings is 1. The Morgan fingerprint density at radius 1 is 1.27 bits per heavy atom. The quantitative estimate of drug-likeness (QED) is 0.422. The maximum absolute atomic E-state index is 10.6. The molecule has 0 bridgehead atoms. The predicted molar refractivity (Wildman–Crippen MR) is 50.4 cm³/mol. The van der Waals surface area contributed by atoms with Crippen LogP contribution in [0.5, 0.6) is 5.75 Å². The molecule has 0 unspecified atom stereocenters. The number of carbonyl (C=O) groups is 2. The molecule has 0 spiro atoms. The number of hydrogen-bond donors (Lipinski definition) is 0. The number of ether oxygens (including phenoxy) is 1. The van der Waals surface area contributed by atoms with Crippen LogP contribution in [0.2, 0.25) is 0 Å². The van der Waals surface area contributed by atoms with Crippen molar-refractivity contribution in [2.75, 3.05) is 7.11 Å². The maximum atomic E-state index is 10.6. The summed E-state index contributed by atoms with van der Waals surface area (Å²) in [6.45, 7) is 0. The van der Waals surface area contributed by atoms with Gasteiger partial charge in [0.05, 0.1) is 23.2 Å². The largest absolute Gasteiger partial charge is 0.496 e. The molecule has 78 valence electrons. The van der Waals surface area contributed by atoms with E-state index in [1.54, 1.807) is 0 Å². The molecule has 1 rings (SSSR count). The fourth-order valence-electron chi connectivity index (χ4n) is 1.12. The standard InChI is InChI=1S/C9H7NO5/c1-15-9-3-6(4-11)8(10(13)14)2-7(9)5-12/h2-5H,1H3. The molecule has 0 aliphatic rings. The smallest absolute Gasteiger partial charge is 0.280 e. The molecule has 0 saturated carbocycles. The van der Waals surface area contributed by atoms with Crippen LogP contribution in [0.15, 0.2) is 12.1 Å². The zero-order valence-electron chi connectivity index (χ0n) is 7.80. The van der Waals surface area contributed by atoms with Gasteiger partial charge >= 0.3 is 0 Å². The van der Waals surface area contributed by atoms with Gasteiger partial charge in [-0.25, -0.2) is 0 Å². The second-order valence-corrected chi connectivity index (χ2v) is 2.65. The first kappa shape index (κ1) is 10.8. The highest BCUT2D eigenvalue weighted by Crippen LogP contribution is 2.26. The summed E-state index contributed by atoms with van der Waals surface area (Å²) < 4.78 is 4.80. The zero-order chi connectivity index (χ0) is 11.4. The Labute approximate surface area is 84.6 Å². The number of rotatable bonds is 4. The zero-order valence-corrected chi connectivity index (χ0v) is 7.80. The van der Waals surface area contributed by atoms with Crippen LogP contribution in [0.3, 0.4) is 0 Å². The summed E-state index contributed by atoms with van der Waals surface area (Å²) in [4.78, 5) is 30.9. The van der Waals surface area contributed by atoms with Crippen LogP contribution in [0.1, 0.15) is 20.7 Å². The first-order valence-corrected chi connectivity index (χ1v) is 3.90. The molecule has 0 heterocycles. The predicted octanol–water partition coefficient (Wildman–Crippen LogP) is 1.23. The molecule has 15 heavy (non-hydrogen) atoms. The van der Waals surface area contributed by atoms with E-state index in [1.165, 1.54) is 7.11 Å². The Hall–Kier alpha value is -2.24. The van der Waals surface area contributed by atoms with E-state index in [0.717, 1.165) is 12.1 Å². The van der Waals surface area contributed by atoms with Crippen molar-refractivity contribution in [1.82, 2.24) is 0 Å². The van der Waals surface area contributed by atoms with Crippen molar-refractivity contribution < 1.29 is 19.2 Å². The highest BCUT2D eigenvalue weighted by atomic mass is 16.6. The second kappa shape index (κ2) is 4.32. The van der Waals surface area contributed by atoms with Crippen molar-refractivity contribution in [2.24, 2.45) is 0 Å². The number of hydrogen-bond acceptors (Lipinski definition) is 5. The van der Waals surface area contributed by atoms with Crippen LogP contribution in [0.4, 0.5) is 5.69 Å². The van der Waals surface area contributed by atoms with E-state index in [1.807, 2.05) is 0 Å². The van der Waals surface area contributed by atoms with Gasteiger partial charge in [0, 0.05) is 6.07 Å². The van der Waals surface area contributed by atoms with Crippen molar-refractivity contribution in [3.63, 3.8) is 0 Å². The number of carbonyl (C=O) groups excluding carboxylic acids is 2. The minimum absolute atomic E-state index is 0.0369. The Morgan fingerprint density at radius 3 is 2.27 bits per heavy atom. The number of aldehydes is 2. The monoisotopic (exact) mass is 209 g/mol. The van der Waals surface area contributed by atoms with Gasteiger partial charge in [-0.1, -0.05) is 0 Å². The third kappa shape index (κ3) is 1.98. The minimum Gasteiger partial charge on any atom is -0.496 e. The number of nitro groups is 1. The highest BCUT2D eigenvalue weighted by Gasteiger charge is 2.17. The van der Waals surface area contributed by atoms with Crippen LogP contribution in [0.25, 0.3) is 0 Å². The summed E-state index contributed by atoms with van der Waals surface area (Å²) in [6.07, 6.45) is 0.773. The molecule has 0 radical (unpaired) electrons. The van der Waals surface area contributed by atoms with Gasteiger partial charge in [0.15, 0.2) is 12.6 Å². The summed E-state index contributed by atoms with van der Waals surface area (Å²) in [5.74, 6) is 0.137. The Kier molecular flexibility index (Phi) is 3.12. The van der Waals surface area contributed by atoms with Crippen molar-refractivity contribution >= 4 is 18.3 Å². The molecule has 0 saturated heterocycles. The number of nitrogens with zero attached hydrogens (tertiary/aromatic N) is 1. The average molecular weight is 209 g/mol. The van der Waals surface area contributed by atoms with E-state index in [4.69, 9.17) is 4.74 Å². The van der Waals surface area contributed by atoms with Gasteiger partial charge in [0.2, 0.25) is 0 Å². The van der Waals surface area contributed by atoms with Gasteiger partial charge in [0.25, 0.3) is 5.69 Å². The first-order valence-electron chi connectivity index (χ1n) is 3.90. The summed E-state index contributed by atoms with van der Waals surface area (Å²) in [5, 5.41) is 10.5. The summed E-state index contributed by atoms with van der Waals surface area (Å²) in [6, 6.07) is 2.17. The Balaban J connectivity index is 3.47. The van der Waals surface area contributed by atoms with Gasteiger partial charge < -0.3 is 4.74 Å². The Bertz CT molecular complexity index is 427. The third-order valence-electron chi connectivity index (χ3n) is 1.83. The number of methoxy groups -OCH3 is 1. The minimum atomic E-state index is -0.726.